The van der Waals surface area contributed by atoms with Crippen molar-refractivity contribution in [3.05, 3.63) is 0 Å². The Morgan fingerprint density at radius 3 is 2.73 bits per heavy atom. The van der Waals surface area contributed by atoms with Crippen molar-refractivity contribution in [3.63, 3.8) is 0 Å². The summed E-state index contributed by atoms with van der Waals surface area (Å²) in [6.07, 6.45) is 0.294. The summed E-state index contributed by atoms with van der Waals surface area (Å²) < 4.78 is 0. The first-order valence-corrected chi connectivity index (χ1v) is 3.72. The van der Waals surface area contributed by atoms with Crippen LogP contribution in [0.5, 0.6) is 0 Å². The number of rotatable bonds is 5. The van der Waals surface area contributed by atoms with Crippen LogP contribution in [0, 0.1) is 0 Å². The number of hydrogen-bond donors (Lipinski definition) is 3. The summed E-state index contributed by atoms with van der Waals surface area (Å²) in [5, 5.41) is 19.6. The number of hydrogen-bond acceptors (Lipinski definition) is 3. The van der Waals surface area contributed by atoms with Gasteiger partial charge in [-0.25, -0.2) is 0 Å². The molecule has 0 aliphatic carbocycles. The van der Waals surface area contributed by atoms with Gasteiger partial charge in [0.15, 0.2) is 0 Å². The minimum atomic E-state index is -0.506. The lowest BCUT2D eigenvalue weighted by atomic mass is 10.3. The Morgan fingerprint density at radius 1 is 1.64 bits per heavy atom. The van der Waals surface area contributed by atoms with Gasteiger partial charge < -0.3 is 15.5 Å². The monoisotopic (exact) mass is 161 g/mol. The van der Waals surface area contributed by atoms with Gasteiger partial charge in [-0.2, -0.15) is 0 Å². The number of amides is 1. The molecule has 0 aliphatic rings. The van der Waals surface area contributed by atoms with Crippen LogP contribution in [0.15, 0.2) is 0 Å². The van der Waals surface area contributed by atoms with Crippen molar-refractivity contribution < 1.29 is 15.0 Å². The van der Waals surface area contributed by atoms with E-state index < -0.39 is 6.10 Å². The van der Waals surface area contributed by atoms with Crippen molar-refractivity contribution in [1.29, 1.82) is 0 Å². The molecule has 4 nitrogen and oxygen atoms in total. The quantitative estimate of drug-likeness (QED) is 0.497. The van der Waals surface area contributed by atoms with E-state index in [1.807, 2.05) is 0 Å². The molecule has 1 amide bonds. The minimum absolute atomic E-state index is 0.0299. The van der Waals surface area contributed by atoms with Crippen molar-refractivity contribution >= 4 is 5.91 Å². The van der Waals surface area contributed by atoms with E-state index in [1.54, 1.807) is 6.92 Å². The highest BCUT2D eigenvalue weighted by molar-refractivity contribution is 5.75. The highest BCUT2D eigenvalue weighted by Gasteiger charge is 2.00. The van der Waals surface area contributed by atoms with Crippen LogP contribution in [0.1, 0.15) is 19.8 Å². The molecule has 0 saturated carbocycles. The molecule has 1 unspecified atom stereocenters. The van der Waals surface area contributed by atoms with Crippen molar-refractivity contribution in [3.8, 4) is 0 Å². The van der Waals surface area contributed by atoms with Crippen molar-refractivity contribution in [2.24, 2.45) is 0 Å². The van der Waals surface area contributed by atoms with E-state index >= 15 is 0 Å². The molecule has 0 heterocycles. The molecule has 4 heteroatoms. The van der Waals surface area contributed by atoms with Crippen LogP contribution < -0.4 is 5.32 Å². The Labute approximate surface area is 66.2 Å². The van der Waals surface area contributed by atoms with Gasteiger partial charge in [0.2, 0.25) is 5.91 Å². The minimum Gasteiger partial charge on any atom is -0.396 e. The summed E-state index contributed by atoms with van der Waals surface area (Å²) in [7, 11) is 0. The summed E-state index contributed by atoms with van der Waals surface area (Å²) in [5.41, 5.74) is 0. The predicted molar refractivity (Wildman–Crippen MR) is 41.0 cm³/mol. The summed E-state index contributed by atoms with van der Waals surface area (Å²) in [5.74, 6) is -0.125. The molecule has 66 valence electrons. The molecule has 0 aromatic rings. The van der Waals surface area contributed by atoms with Gasteiger partial charge in [0.1, 0.15) is 0 Å². The number of carbonyl (C=O) groups excluding carboxylic acids is 1. The maximum Gasteiger partial charge on any atom is 0.220 e. The average molecular weight is 161 g/mol. The third-order valence-corrected chi connectivity index (χ3v) is 1.16. The van der Waals surface area contributed by atoms with Gasteiger partial charge in [-0.3, -0.25) is 4.79 Å². The fourth-order valence-corrected chi connectivity index (χ4v) is 0.590. The molecule has 1 atom stereocenters. The van der Waals surface area contributed by atoms with Gasteiger partial charge in [0.25, 0.3) is 0 Å². The molecule has 3 N–H and O–H groups in total. The first kappa shape index (κ1) is 10.4. The lowest BCUT2D eigenvalue weighted by Crippen LogP contribution is -2.30. The molecule has 0 radical (unpaired) electrons. The van der Waals surface area contributed by atoms with Crippen LogP contribution in [0.2, 0.25) is 0 Å². The SMILES string of the molecule is CC(O)CNC(=O)CCCO. The maximum absolute atomic E-state index is 10.8. The zero-order valence-corrected chi connectivity index (χ0v) is 6.71. The Balaban J connectivity index is 3.23. The largest absolute Gasteiger partial charge is 0.396 e. The molecular formula is C7H15NO3. The van der Waals surface area contributed by atoms with Crippen LogP contribution in [0.4, 0.5) is 0 Å². The number of nitrogens with one attached hydrogen (secondary N) is 1. The molecular weight excluding hydrogens is 146 g/mol. The van der Waals surface area contributed by atoms with Gasteiger partial charge in [-0.15, -0.1) is 0 Å². The van der Waals surface area contributed by atoms with Gasteiger partial charge in [0.05, 0.1) is 6.10 Å². The summed E-state index contributed by atoms with van der Waals surface area (Å²) >= 11 is 0. The van der Waals surface area contributed by atoms with Crippen molar-refractivity contribution in [2.75, 3.05) is 13.2 Å². The second kappa shape index (κ2) is 6.12. The van der Waals surface area contributed by atoms with E-state index in [4.69, 9.17) is 10.2 Å². The normalized spacial score (nSPS) is 12.6. The average Bonchev–Trinajstić information content (AvgIpc) is 1.97. The van der Waals surface area contributed by atoms with Crippen LogP contribution in [-0.2, 0) is 4.79 Å². The van der Waals surface area contributed by atoms with E-state index in [9.17, 15) is 4.79 Å². The first-order chi connectivity index (χ1) is 5.16. The van der Waals surface area contributed by atoms with E-state index in [-0.39, 0.29) is 19.1 Å². The Kier molecular flexibility index (Phi) is 5.78. The van der Waals surface area contributed by atoms with Crippen LogP contribution in [0.25, 0.3) is 0 Å². The molecule has 0 bridgehead atoms. The third kappa shape index (κ3) is 7.29. The van der Waals surface area contributed by atoms with E-state index in [2.05, 4.69) is 5.32 Å². The second-order valence-corrected chi connectivity index (χ2v) is 2.48. The summed E-state index contributed by atoms with van der Waals surface area (Å²) in [6.45, 7) is 1.92. The lowest BCUT2D eigenvalue weighted by molar-refractivity contribution is -0.121. The summed E-state index contributed by atoms with van der Waals surface area (Å²) in [6, 6.07) is 0. The van der Waals surface area contributed by atoms with Gasteiger partial charge in [0, 0.05) is 19.6 Å². The molecule has 0 rings (SSSR count). The Bertz CT molecular complexity index is 114. The maximum atomic E-state index is 10.8. The highest BCUT2D eigenvalue weighted by atomic mass is 16.3. The zero-order valence-electron chi connectivity index (χ0n) is 6.71. The predicted octanol–water partition coefficient (Wildman–Crippen LogP) is -0.744. The molecule has 0 fully saturated rings. The van der Waals surface area contributed by atoms with E-state index in [1.165, 1.54) is 0 Å². The van der Waals surface area contributed by atoms with Crippen LogP contribution in [0.3, 0.4) is 0 Å². The molecule has 0 aromatic carbocycles. The van der Waals surface area contributed by atoms with Gasteiger partial charge in [-0.05, 0) is 13.3 Å². The summed E-state index contributed by atoms with van der Waals surface area (Å²) in [4.78, 5) is 10.8. The van der Waals surface area contributed by atoms with Gasteiger partial charge in [-0.1, -0.05) is 0 Å². The topological polar surface area (TPSA) is 69.6 Å². The standard InChI is InChI=1S/C7H15NO3/c1-6(10)5-8-7(11)3-2-4-9/h6,9-10H,2-5H2,1H3,(H,8,11). The van der Waals surface area contributed by atoms with Crippen LogP contribution in [-0.4, -0.2) is 35.4 Å². The van der Waals surface area contributed by atoms with Gasteiger partial charge >= 0.3 is 0 Å². The molecule has 0 saturated heterocycles. The molecule has 0 aromatic heterocycles. The first-order valence-electron chi connectivity index (χ1n) is 3.72. The molecule has 11 heavy (non-hydrogen) atoms. The fourth-order valence-electron chi connectivity index (χ4n) is 0.590. The number of carbonyl (C=O) groups is 1. The molecule has 0 aliphatic heterocycles. The number of aliphatic hydroxyl groups is 2. The van der Waals surface area contributed by atoms with E-state index in [0.717, 1.165) is 0 Å². The zero-order chi connectivity index (χ0) is 8.69. The molecule has 0 spiro atoms. The highest BCUT2D eigenvalue weighted by Crippen LogP contribution is 1.86. The van der Waals surface area contributed by atoms with Crippen molar-refractivity contribution in [1.82, 2.24) is 5.32 Å². The number of aliphatic hydroxyl groups excluding tert-OH is 2. The lowest BCUT2D eigenvalue weighted by Gasteiger charge is -2.05. The fraction of sp³-hybridized carbons (Fsp3) is 0.857. The van der Waals surface area contributed by atoms with Crippen LogP contribution >= 0.6 is 0 Å². The van der Waals surface area contributed by atoms with Crippen molar-refractivity contribution in [2.45, 2.75) is 25.9 Å². The second-order valence-electron chi connectivity index (χ2n) is 2.48. The smallest absolute Gasteiger partial charge is 0.220 e. The Morgan fingerprint density at radius 2 is 2.27 bits per heavy atom. The Hall–Kier alpha value is -0.610. The third-order valence-electron chi connectivity index (χ3n) is 1.16. The van der Waals surface area contributed by atoms with E-state index in [0.29, 0.717) is 12.8 Å².